The molecule has 0 radical (unpaired) electrons. The van der Waals surface area contributed by atoms with Crippen LogP contribution in [0.2, 0.25) is 0 Å². The lowest BCUT2D eigenvalue weighted by atomic mass is 10.0. The third kappa shape index (κ3) is 42.7. The van der Waals surface area contributed by atoms with Gasteiger partial charge in [0, 0.05) is 12.8 Å². The fourth-order valence-electron chi connectivity index (χ4n) is 8.80. The van der Waals surface area contributed by atoms with Gasteiger partial charge in [-0.15, -0.1) is 0 Å². The molecule has 0 bridgehead atoms. The van der Waals surface area contributed by atoms with E-state index in [0.717, 1.165) is 116 Å². The molecule has 0 spiro atoms. The van der Waals surface area contributed by atoms with Crippen molar-refractivity contribution in [1.82, 2.24) is 9.80 Å². The van der Waals surface area contributed by atoms with E-state index in [1.807, 2.05) is 0 Å². The Bertz CT molecular complexity index is 819. The Morgan fingerprint density at radius 3 is 0.855 bits per heavy atom. The summed E-state index contributed by atoms with van der Waals surface area (Å²) in [4.78, 5) is 31.1. The van der Waals surface area contributed by atoms with Crippen LogP contribution in [-0.2, 0) is 19.1 Å². The Morgan fingerprint density at radius 1 is 0.339 bits per heavy atom. The van der Waals surface area contributed by atoms with Gasteiger partial charge in [-0.3, -0.25) is 9.59 Å². The standard InChI is InChI=1S/C54H110N4O4/c1-5-9-13-17-21-25-37-51(38-26-22-18-14-10-6-2)61-53(59)41-29-31-45-57(49-35-43-55)47-33-34-48-58(50-36-44-56)46-32-30-42-54(60)62-52(39-27-23-19-15-11-7-3)40-28-24-20-16-12-8-4/h51-52H,5-50,55-56H2,1-4H3. The monoisotopic (exact) mass is 879 g/mol. The summed E-state index contributed by atoms with van der Waals surface area (Å²) >= 11 is 0. The van der Waals surface area contributed by atoms with Gasteiger partial charge < -0.3 is 30.7 Å². The fraction of sp³-hybridized carbons (Fsp3) is 0.963. The molecule has 0 saturated carbocycles. The molecule has 0 aliphatic heterocycles. The van der Waals surface area contributed by atoms with Crippen LogP contribution in [0.15, 0.2) is 0 Å². The number of esters is 2. The van der Waals surface area contributed by atoms with E-state index < -0.39 is 0 Å². The molecule has 0 aromatic carbocycles. The van der Waals surface area contributed by atoms with Gasteiger partial charge in [0.15, 0.2) is 0 Å². The molecule has 0 aromatic heterocycles. The number of hydrogen-bond acceptors (Lipinski definition) is 8. The molecule has 370 valence electrons. The molecule has 0 unspecified atom stereocenters. The predicted octanol–water partition coefficient (Wildman–Crippen LogP) is 14.2. The maximum Gasteiger partial charge on any atom is 0.306 e. The molecule has 0 aliphatic rings. The summed E-state index contributed by atoms with van der Waals surface area (Å²) in [6, 6.07) is 0. The lowest BCUT2D eigenvalue weighted by Gasteiger charge is -2.25. The zero-order valence-corrected chi connectivity index (χ0v) is 42.4. The van der Waals surface area contributed by atoms with Gasteiger partial charge in [0.25, 0.3) is 0 Å². The average molecular weight is 879 g/mol. The van der Waals surface area contributed by atoms with Gasteiger partial charge in [0.2, 0.25) is 0 Å². The largest absolute Gasteiger partial charge is 0.462 e. The van der Waals surface area contributed by atoms with Crippen LogP contribution in [0.5, 0.6) is 0 Å². The Balaban J connectivity index is 4.71. The zero-order valence-electron chi connectivity index (χ0n) is 42.4. The van der Waals surface area contributed by atoms with Crippen LogP contribution in [0.3, 0.4) is 0 Å². The molecule has 0 aliphatic carbocycles. The molecule has 0 saturated heterocycles. The van der Waals surface area contributed by atoms with Gasteiger partial charge in [0.05, 0.1) is 0 Å². The van der Waals surface area contributed by atoms with Crippen molar-refractivity contribution in [2.24, 2.45) is 11.5 Å². The minimum atomic E-state index is 0.00567. The van der Waals surface area contributed by atoms with E-state index in [9.17, 15) is 9.59 Å². The summed E-state index contributed by atoms with van der Waals surface area (Å²) in [5.74, 6) is 0.0113. The first kappa shape index (κ1) is 60.8. The topological polar surface area (TPSA) is 111 Å². The first-order chi connectivity index (χ1) is 30.4. The highest BCUT2D eigenvalue weighted by atomic mass is 16.5. The van der Waals surface area contributed by atoms with Crippen LogP contribution in [-0.4, -0.2) is 86.3 Å². The van der Waals surface area contributed by atoms with E-state index in [1.165, 1.54) is 154 Å². The molecule has 0 aromatic rings. The van der Waals surface area contributed by atoms with Crippen molar-refractivity contribution in [2.45, 2.75) is 284 Å². The average Bonchev–Trinajstić information content (AvgIpc) is 3.27. The Morgan fingerprint density at radius 2 is 0.581 bits per heavy atom. The summed E-state index contributed by atoms with van der Waals surface area (Å²) in [5, 5.41) is 0. The third-order valence-electron chi connectivity index (χ3n) is 12.9. The SMILES string of the molecule is CCCCCCCCC(CCCCCCCC)OC(=O)CCCCN(CCCN)CCCCN(CCCN)CCCCC(=O)OC(CCCCCCCC)CCCCCCCC. The van der Waals surface area contributed by atoms with E-state index in [4.69, 9.17) is 20.9 Å². The number of unbranched alkanes of at least 4 members (excludes halogenated alkanes) is 23. The van der Waals surface area contributed by atoms with Crippen LogP contribution in [0.4, 0.5) is 0 Å². The van der Waals surface area contributed by atoms with Crippen molar-refractivity contribution >= 4 is 11.9 Å². The van der Waals surface area contributed by atoms with E-state index in [0.29, 0.717) is 25.9 Å². The quantitative estimate of drug-likeness (QED) is 0.0459. The molecule has 8 heteroatoms. The molecular weight excluding hydrogens is 769 g/mol. The molecule has 0 heterocycles. The number of nitrogens with zero attached hydrogens (tertiary/aromatic N) is 2. The zero-order chi connectivity index (χ0) is 45.4. The Kier molecular flexibility index (Phi) is 48.3. The van der Waals surface area contributed by atoms with Gasteiger partial charge in [-0.2, -0.15) is 0 Å². The summed E-state index contributed by atoms with van der Waals surface area (Å²) in [6.07, 6.45) is 44.1. The van der Waals surface area contributed by atoms with Crippen molar-refractivity contribution in [3.8, 4) is 0 Å². The van der Waals surface area contributed by atoms with Crippen LogP contribution in [0.25, 0.3) is 0 Å². The van der Waals surface area contributed by atoms with Crippen molar-refractivity contribution in [3.63, 3.8) is 0 Å². The summed E-state index contributed by atoms with van der Waals surface area (Å²) < 4.78 is 12.2. The van der Waals surface area contributed by atoms with Crippen LogP contribution in [0, 0.1) is 0 Å². The highest BCUT2D eigenvalue weighted by Crippen LogP contribution is 2.20. The van der Waals surface area contributed by atoms with Crippen LogP contribution >= 0.6 is 0 Å². The first-order valence-corrected chi connectivity index (χ1v) is 27.7. The molecule has 8 nitrogen and oxygen atoms in total. The van der Waals surface area contributed by atoms with Gasteiger partial charge in [-0.1, -0.05) is 156 Å². The summed E-state index contributed by atoms with van der Waals surface area (Å²) in [7, 11) is 0. The summed E-state index contributed by atoms with van der Waals surface area (Å²) in [6.45, 7) is 16.7. The van der Waals surface area contributed by atoms with Crippen molar-refractivity contribution in [2.75, 3.05) is 52.4 Å². The third-order valence-corrected chi connectivity index (χ3v) is 12.9. The lowest BCUT2D eigenvalue weighted by Crippen LogP contribution is -2.31. The van der Waals surface area contributed by atoms with Gasteiger partial charge in [-0.25, -0.2) is 0 Å². The molecule has 62 heavy (non-hydrogen) atoms. The molecule has 4 N–H and O–H groups in total. The first-order valence-electron chi connectivity index (χ1n) is 27.7. The molecule has 0 amide bonds. The highest BCUT2D eigenvalue weighted by Gasteiger charge is 2.17. The second-order valence-corrected chi connectivity index (χ2v) is 19.0. The number of carbonyl (C=O) groups excluding carboxylic acids is 2. The minimum absolute atomic E-state index is 0.00567. The smallest absolute Gasteiger partial charge is 0.306 e. The second kappa shape index (κ2) is 49.2. The number of carbonyl (C=O) groups is 2. The number of hydrogen-bond donors (Lipinski definition) is 2. The molecular formula is C54H110N4O4. The van der Waals surface area contributed by atoms with E-state index >= 15 is 0 Å². The number of rotatable bonds is 51. The Hall–Kier alpha value is -1.22. The van der Waals surface area contributed by atoms with Crippen molar-refractivity contribution in [1.29, 1.82) is 0 Å². The predicted molar refractivity (Wildman–Crippen MR) is 269 cm³/mol. The molecule has 0 atom stereocenters. The normalized spacial score (nSPS) is 11.8. The fourth-order valence-corrected chi connectivity index (χ4v) is 8.80. The maximum atomic E-state index is 13.0. The van der Waals surface area contributed by atoms with Crippen molar-refractivity contribution < 1.29 is 19.1 Å². The maximum absolute atomic E-state index is 13.0. The highest BCUT2D eigenvalue weighted by molar-refractivity contribution is 5.69. The van der Waals surface area contributed by atoms with Gasteiger partial charge in [-0.05, 0) is 155 Å². The number of nitrogens with two attached hydrogens (primary N) is 2. The van der Waals surface area contributed by atoms with Crippen LogP contribution in [0.1, 0.15) is 272 Å². The van der Waals surface area contributed by atoms with Crippen LogP contribution < -0.4 is 11.5 Å². The van der Waals surface area contributed by atoms with E-state index in [-0.39, 0.29) is 24.1 Å². The molecule has 0 fully saturated rings. The Labute approximate surface area is 387 Å². The number of ether oxygens (including phenoxy) is 2. The van der Waals surface area contributed by atoms with Crippen molar-refractivity contribution in [3.05, 3.63) is 0 Å². The van der Waals surface area contributed by atoms with Gasteiger partial charge in [0.1, 0.15) is 12.2 Å². The summed E-state index contributed by atoms with van der Waals surface area (Å²) in [5.41, 5.74) is 11.9. The van der Waals surface area contributed by atoms with Gasteiger partial charge >= 0.3 is 11.9 Å². The minimum Gasteiger partial charge on any atom is -0.462 e. The van der Waals surface area contributed by atoms with E-state index in [1.54, 1.807) is 0 Å². The van der Waals surface area contributed by atoms with E-state index in [2.05, 4.69) is 37.5 Å². The lowest BCUT2D eigenvalue weighted by molar-refractivity contribution is -0.151. The second-order valence-electron chi connectivity index (χ2n) is 19.0. The molecule has 0 rings (SSSR count).